The van der Waals surface area contributed by atoms with Crippen LogP contribution in [0.1, 0.15) is 36.5 Å². The number of anilines is 1. The van der Waals surface area contributed by atoms with E-state index in [9.17, 15) is 14.4 Å². The minimum absolute atomic E-state index is 0.104. The third kappa shape index (κ3) is 5.39. The van der Waals surface area contributed by atoms with Crippen molar-refractivity contribution in [1.29, 1.82) is 5.26 Å². The number of amides is 2. The molecule has 2 rings (SSSR count). The lowest BCUT2D eigenvalue weighted by Gasteiger charge is -2.12. The molecule has 0 heterocycles. The van der Waals surface area contributed by atoms with Gasteiger partial charge in [-0.3, -0.25) is 9.59 Å². The van der Waals surface area contributed by atoms with E-state index < -0.39 is 11.9 Å². The predicted molar refractivity (Wildman–Crippen MR) is 85.9 cm³/mol. The Morgan fingerprint density at radius 1 is 1.25 bits per heavy atom. The summed E-state index contributed by atoms with van der Waals surface area (Å²) in [5.41, 5.74) is 0.749. The number of carbonyl (C=O) groups excluding carboxylic acids is 3. The topological polar surface area (TPSA) is 108 Å². The van der Waals surface area contributed by atoms with Crippen molar-refractivity contribution >= 4 is 23.5 Å². The number of carbonyl (C=O) groups is 3. The van der Waals surface area contributed by atoms with E-state index in [1.165, 1.54) is 24.3 Å². The zero-order valence-electron chi connectivity index (χ0n) is 13.4. The molecular formula is C17H19N3O4. The summed E-state index contributed by atoms with van der Waals surface area (Å²) in [6.07, 6.45) is 2.01. The molecule has 1 aromatic carbocycles. The molecule has 1 aromatic rings. The van der Waals surface area contributed by atoms with Crippen LogP contribution in [0.5, 0.6) is 0 Å². The molecular weight excluding hydrogens is 310 g/mol. The highest BCUT2D eigenvalue weighted by atomic mass is 16.5. The molecule has 7 nitrogen and oxygen atoms in total. The number of rotatable bonds is 7. The van der Waals surface area contributed by atoms with Crippen LogP contribution in [0.3, 0.4) is 0 Å². The van der Waals surface area contributed by atoms with Crippen LogP contribution >= 0.6 is 0 Å². The lowest BCUT2D eigenvalue weighted by atomic mass is 10.2. The molecule has 1 saturated carbocycles. The molecule has 0 radical (unpaired) electrons. The van der Waals surface area contributed by atoms with Crippen LogP contribution in [-0.2, 0) is 14.3 Å². The molecule has 0 unspecified atom stereocenters. The Bertz CT molecular complexity index is 659. The molecule has 0 saturated heterocycles. The van der Waals surface area contributed by atoms with Crippen LogP contribution in [0.15, 0.2) is 24.3 Å². The van der Waals surface area contributed by atoms with E-state index in [2.05, 4.69) is 10.6 Å². The van der Waals surface area contributed by atoms with Crippen molar-refractivity contribution in [2.24, 2.45) is 5.92 Å². The molecule has 0 bridgehead atoms. The zero-order chi connectivity index (χ0) is 17.5. The van der Waals surface area contributed by atoms with Gasteiger partial charge in [0.2, 0.25) is 5.91 Å². The van der Waals surface area contributed by atoms with Crippen molar-refractivity contribution < 1.29 is 19.1 Å². The van der Waals surface area contributed by atoms with Gasteiger partial charge in [-0.2, -0.15) is 5.26 Å². The lowest BCUT2D eigenvalue weighted by molar-refractivity contribution is -0.125. The van der Waals surface area contributed by atoms with Crippen LogP contribution in [0, 0.1) is 17.2 Å². The average Bonchev–Trinajstić information content (AvgIpc) is 3.38. The summed E-state index contributed by atoms with van der Waals surface area (Å²) < 4.78 is 4.97. The summed E-state index contributed by atoms with van der Waals surface area (Å²) in [7, 11) is 0. The number of esters is 1. The van der Waals surface area contributed by atoms with Gasteiger partial charge in [-0.25, -0.2) is 4.79 Å². The summed E-state index contributed by atoms with van der Waals surface area (Å²) in [6.45, 7) is 1.62. The van der Waals surface area contributed by atoms with Crippen LogP contribution in [0.4, 0.5) is 5.69 Å². The number of benzene rings is 1. The largest absolute Gasteiger partial charge is 0.452 e. The third-order valence-corrected chi connectivity index (χ3v) is 3.70. The second-order valence-electron chi connectivity index (χ2n) is 5.73. The van der Waals surface area contributed by atoms with E-state index >= 15 is 0 Å². The molecule has 7 heteroatoms. The molecule has 1 fully saturated rings. The number of hydrogen-bond donors (Lipinski definition) is 2. The van der Waals surface area contributed by atoms with Gasteiger partial charge in [-0.15, -0.1) is 0 Å². The Hall–Kier alpha value is -2.88. The van der Waals surface area contributed by atoms with Crippen molar-refractivity contribution in [3.05, 3.63) is 29.8 Å². The minimum Gasteiger partial charge on any atom is -0.452 e. The Labute approximate surface area is 140 Å². The van der Waals surface area contributed by atoms with Gasteiger partial charge in [0, 0.05) is 11.7 Å². The molecule has 1 aliphatic rings. The summed E-state index contributed by atoms with van der Waals surface area (Å²) >= 11 is 0. The first-order valence-electron chi connectivity index (χ1n) is 7.73. The number of hydrogen-bond acceptors (Lipinski definition) is 5. The number of nitrogens with one attached hydrogen (secondary N) is 2. The first-order valence-corrected chi connectivity index (χ1v) is 7.73. The van der Waals surface area contributed by atoms with Gasteiger partial charge in [0.25, 0.3) is 5.91 Å². The molecule has 0 aliphatic heterocycles. The van der Waals surface area contributed by atoms with E-state index in [4.69, 9.17) is 10.00 Å². The first kappa shape index (κ1) is 17.5. The fourth-order valence-electron chi connectivity index (χ4n) is 2.19. The number of nitriles is 1. The standard InChI is InChI=1S/C17H19N3O4/c1-11(12-2-3-12)19-16(22)10-24-17(23)13-4-6-14(7-5-13)20-15(21)8-9-18/h4-7,11-12H,2-3,8,10H2,1H3,(H,19,22)(H,20,21)/t11-/m1/s1. The Morgan fingerprint density at radius 3 is 2.50 bits per heavy atom. The van der Waals surface area contributed by atoms with Crippen molar-refractivity contribution in [2.45, 2.75) is 32.2 Å². The van der Waals surface area contributed by atoms with E-state index in [0.29, 0.717) is 11.6 Å². The maximum Gasteiger partial charge on any atom is 0.338 e. The van der Waals surface area contributed by atoms with Crippen molar-refractivity contribution in [3.63, 3.8) is 0 Å². The number of ether oxygens (including phenoxy) is 1. The second-order valence-corrected chi connectivity index (χ2v) is 5.73. The van der Waals surface area contributed by atoms with Crippen molar-refractivity contribution in [3.8, 4) is 6.07 Å². The van der Waals surface area contributed by atoms with E-state index in [1.807, 2.05) is 6.92 Å². The van der Waals surface area contributed by atoms with Gasteiger partial charge >= 0.3 is 5.97 Å². The van der Waals surface area contributed by atoms with Gasteiger partial charge in [-0.05, 0) is 49.9 Å². The van der Waals surface area contributed by atoms with Gasteiger partial charge < -0.3 is 15.4 Å². The number of nitrogens with zero attached hydrogens (tertiary/aromatic N) is 1. The zero-order valence-corrected chi connectivity index (χ0v) is 13.4. The van der Waals surface area contributed by atoms with Crippen LogP contribution in [0.25, 0.3) is 0 Å². The molecule has 2 N–H and O–H groups in total. The maximum atomic E-state index is 11.9. The molecule has 126 valence electrons. The Balaban J connectivity index is 1.78. The monoisotopic (exact) mass is 329 g/mol. The highest BCUT2D eigenvalue weighted by Gasteiger charge is 2.29. The quantitative estimate of drug-likeness (QED) is 0.739. The third-order valence-electron chi connectivity index (χ3n) is 3.70. The van der Waals surface area contributed by atoms with E-state index in [-0.39, 0.29) is 30.5 Å². The Morgan fingerprint density at radius 2 is 1.92 bits per heavy atom. The minimum atomic E-state index is -0.612. The summed E-state index contributed by atoms with van der Waals surface area (Å²) in [5.74, 6) is -0.815. The highest BCUT2D eigenvalue weighted by molar-refractivity contribution is 5.94. The van der Waals surface area contributed by atoms with Crippen molar-refractivity contribution in [2.75, 3.05) is 11.9 Å². The fourth-order valence-corrected chi connectivity index (χ4v) is 2.19. The Kier molecular flexibility index (Phi) is 5.90. The highest BCUT2D eigenvalue weighted by Crippen LogP contribution is 2.32. The molecule has 1 aliphatic carbocycles. The summed E-state index contributed by atoms with van der Waals surface area (Å²) in [5, 5.41) is 13.7. The average molecular weight is 329 g/mol. The lowest BCUT2D eigenvalue weighted by Crippen LogP contribution is -2.37. The molecule has 1 atom stereocenters. The summed E-state index contributed by atoms with van der Waals surface area (Å²) in [6, 6.07) is 7.87. The maximum absolute atomic E-state index is 11.9. The predicted octanol–water partition coefficient (Wildman–Crippen LogP) is 1.61. The van der Waals surface area contributed by atoms with Crippen molar-refractivity contribution in [1.82, 2.24) is 5.32 Å². The van der Waals surface area contributed by atoms with Gasteiger partial charge in [-0.1, -0.05) is 0 Å². The molecule has 0 spiro atoms. The smallest absolute Gasteiger partial charge is 0.338 e. The summed E-state index contributed by atoms with van der Waals surface area (Å²) in [4.78, 5) is 34.9. The SMILES string of the molecule is C[C@@H](NC(=O)COC(=O)c1ccc(NC(=O)CC#N)cc1)C1CC1. The van der Waals surface area contributed by atoms with Crippen LogP contribution < -0.4 is 10.6 Å². The van der Waals surface area contributed by atoms with Gasteiger partial charge in [0.05, 0.1) is 11.6 Å². The molecule has 24 heavy (non-hydrogen) atoms. The second kappa shape index (κ2) is 8.11. The van der Waals surface area contributed by atoms with E-state index in [0.717, 1.165) is 12.8 Å². The van der Waals surface area contributed by atoms with Crippen LogP contribution in [-0.4, -0.2) is 30.4 Å². The fraction of sp³-hybridized carbons (Fsp3) is 0.412. The van der Waals surface area contributed by atoms with Gasteiger partial charge in [0.1, 0.15) is 6.42 Å². The molecule has 2 amide bonds. The first-order chi connectivity index (χ1) is 11.5. The van der Waals surface area contributed by atoms with Crippen LogP contribution in [0.2, 0.25) is 0 Å². The normalized spacial score (nSPS) is 14.2. The van der Waals surface area contributed by atoms with Gasteiger partial charge in [0.15, 0.2) is 6.61 Å². The molecule has 0 aromatic heterocycles. The van der Waals surface area contributed by atoms with E-state index in [1.54, 1.807) is 6.07 Å².